The second-order valence-corrected chi connectivity index (χ2v) is 8.16. The molecule has 0 saturated carbocycles. The lowest BCUT2D eigenvalue weighted by atomic mass is 9.63. The van der Waals surface area contributed by atoms with Gasteiger partial charge in [0.25, 0.3) is 0 Å². The third-order valence-electron chi connectivity index (χ3n) is 7.08. The van der Waals surface area contributed by atoms with Crippen molar-refractivity contribution in [3.05, 3.63) is 75.9 Å². The second kappa shape index (κ2) is 4.43. The first-order chi connectivity index (χ1) is 12.2. The fraction of sp³-hybridized carbons (Fsp3) is 0.280. The molecule has 0 amide bonds. The van der Waals surface area contributed by atoms with E-state index < -0.39 is 0 Å². The van der Waals surface area contributed by atoms with Crippen LogP contribution in [0.1, 0.15) is 52.6 Å². The minimum Gasteiger partial charge on any atom is -0.0827 e. The largest absolute Gasteiger partial charge is 0.0827 e. The van der Waals surface area contributed by atoms with E-state index in [4.69, 9.17) is 0 Å². The number of hydrogen-bond donors (Lipinski definition) is 0. The molecule has 0 aromatic heterocycles. The number of aryl methyl sites for hydroxylation is 2. The standard InChI is InChI=1S/C25H22/c1-15-11-12-21-22-20-8-4-3-7-18(20)16(2)19-10-6-14-25(24(19)22)13-5-9-17(15)23(21)25/h3-4,6-8,10-12H,5,9,13-14H2,1-2H3. The molecule has 0 nitrogen and oxygen atoms in total. The molecule has 0 saturated heterocycles. The van der Waals surface area contributed by atoms with Gasteiger partial charge in [-0.1, -0.05) is 48.6 Å². The molecule has 0 fully saturated rings. The molecule has 0 radical (unpaired) electrons. The fourth-order valence-corrected chi connectivity index (χ4v) is 6.07. The summed E-state index contributed by atoms with van der Waals surface area (Å²) in [6, 6.07) is 13.8. The average molecular weight is 322 g/mol. The highest BCUT2D eigenvalue weighted by Gasteiger charge is 2.48. The molecule has 25 heavy (non-hydrogen) atoms. The van der Waals surface area contributed by atoms with Crippen LogP contribution in [-0.2, 0) is 11.8 Å². The van der Waals surface area contributed by atoms with Gasteiger partial charge in [0.2, 0.25) is 0 Å². The van der Waals surface area contributed by atoms with E-state index in [1.165, 1.54) is 58.7 Å². The van der Waals surface area contributed by atoms with Crippen molar-refractivity contribution in [3.8, 4) is 11.1 Å². The Bertz CT molecular complexity index is 1110. The first kappa shape index (κ1) is 13.9. The van der Waals surface area contributed by atoms with Gasteiger partial charge in [-0.25, -0.2) is 0 Å². The normalized spacial score (nSPS) is 22.2. The number of benzene rings is 3. The first-order valence-corrected chi connectivity index (χ1v) is 9.58. The van der Waals surface area contributed by atoms with Crippen LogP contribution in [0.5, 0.6) is 0 Å². The Balaban J connectivity index is 1.91. The summed E-state index contributed by atoms with van der Waals surface area (Å²) >= 11 is 0. The molecule has 0 heterocycles. The summed E-state index contributed by atoms with van der Waals surface area (Å²) in [4.78, 5) is 0. The molecule has 0 bridgehead atoms. The first-order valence-electron chi connectivity index (χ1n) is 9.58. The smallest absolute Gasteiger partial charge is 0.0258 e. The predicted octanol–water partition coefficient (Wildman–Crippen LogP) is 6.48. The topological polar surface area (TPSA) is 0 Å². The summed E-state index contributed by atoms with van der Waals surface area (Å²) in [5.74, 6) is 0. The molecule has 1 spiro atoms. The summed E-state index contributed by atoms with van der Waals surface area (Å²) in [5.41, 5.74) is 12.7. The monoisotopic (exact) mass is 322 g/mol. The van der Waals surface area contributed by atoms with Crippen LogP contribution in [0.2, 0.25) is 0 Å². The Morgan fingerprint density at radius 1 is 0.920 bits per heavy atom. The maximum Gasteiger partial charge on any atom is 0.0258 e. The second-order valence-electron chi connectivity index (χ2n) is 8.16. The van der Waals surface area contributed by atoms with Gasteiger partial charge in [0.05, 0.1) is 0 Å². The minimum absolute atomic E-state index is 0.239. The van der Waals surface area contributed by atoms with Crippen LogP contribution >= 0.6 is 0 Å². The predicted molar refractivity (Wildman–Crippen MR) is 106 cm³/mol. The van der Waals surface area contributed by atoms with E-state index in [1.54, 1.807) is 22.3 Å². The lowest BCUT2D eigenvalue weighted by molar-refractivity contribution is 0.438. The molecule has 3 aromatic rings. The van der Waals surface area contributed by atoms with Gasteiger partial charge >= 0.3 is 0 Å². The molecule has 1 atom stereocenters. The zero-order valence-electron chi connectivity index (χ0n) is 14.9. The molecule has 0 heteroatoms. The van der Waals surface area contributed by atoms with Crippen molar-refractivity contribution in [2.24, 2.45) is 0 Å². The van der Waals surface area contributed by atoms with Crippen LogP contribution in [0.3, 0.4) is 0 Å². The Kier molecular flexibility index (Phi) is 2.46. The minimum atomic E-state index is 0.239. The third-order valence-corrected chi connectivity index (χ3v) is 7.08. The van der Waals surface area contributed by atoms with E-state index in [0.717, 1.165) is 0 Å². The molecular formula is C25H22. The van der Waals surface area contributed by atoms with Crippen LogP contribution in [0, 0.1) is 13.8 Å². The van der Waals surface area contributed by atoms with Crippen molar-refractivity contribution < 1.29 is 0 Å². The van der Waals surface area contributed by atoms with Crippen molar-refractivity contribution >= 4 is 16.8 Å². The molecule has 6 rings (SSSR count). The fourth-order valence-electron chi connectivity index (χ4n) is 6.07. The zero-order chi connectivity index (χ0) is 16.8. The van der Waals surface area contributed by atoms with E-state index in [2.05, 4.69) is 62.4 Å². The van der Waals surface area contributed by atoms with Crippen LogP contribution in [0.15, 0.2) is 42.5 Å². The van der Waals surface area contributed by atoms with Crippen molar-refractivity contribution in [2.75, 3.05) is 0 Å². The van der Waals surface area contributed by atoms with Gasteiger partial charge in [-0.3, -0.25) is 0 Å². The molecule has 3 aliphatic rings. The summed E-state index contributed by atoms with van der Waals surface area (Å²) in [7, 11) is 0. The van der Waals surface area contributed by atoms with Crippen LogP contribution < -0.4 is 0 Å². The van der Waals surface area contributed by atoms with Gasteiger partial charge in [-0.2, -0.15) is 0 Å². The lowest BCUT2D eigenvalue weighted by Crippen LogP contribution is -2.32. The highest BCUT2D eigenvalue weighted by molar-refractivity contribution is 6.07. The SMILES string of the molecule is Cc1ccc2c3c1CCCC31CC=Cc3c1c-2c1ccccc1c3C. The van der Waals surface area contributed by atoms with E-state index in [0.29, 0.717) is 0 Å². The Morgan fingerprint density at radius 3 is 2.64 bits per heavy atom. The molecule has 1 unspecified atom stereocenters. The molecule has 122 valence electrons. The van der Waals surface area contributed by atoms with Gasteiger partial charge < -0.3 is 0 Å². The van der Waals surface area contributed by atoms with E-state index in [1.807, 2.05) is 0 Å². The molecule has 0 aliphatic heterocycles. The Hall–Kier alpha value is -2.34. The lowest BCUT2D eigenvalue weighted by Gasteiger charge is -2.40. The van der Waals surface area contributed by atoms with Gasteiger partial charge in [0.1, 0.15) is 0 Å². The highest BCUT2D eigenvalue weighted by Crippen LogP contribution is 2.61. The number of fused-ring (bicyclic) bond motifs is 3. The van der Waals surface area contributed by atoms with Crippen LogP contribution in [0.4, 0.5) is 0 Å². The number of hydrogen-bond acceptors (Lipinski definition) is 0. The molecule has 3 aliphatic carbocycles. The van der Waals surface area contributed by atoms with E-state index in [9.17, 15) is 0 Å². The average Bonchev–Trinajstić information content (AvgIpc) is 2.95. The van der Waals surface area contributed by atoms with Crippen molar-refractivity contribution in [1.29, 1.82) is 0 Å². The molecule has 0 N–H and O–H groups in total. The maximum atomic E-state index is 2.44. The Morgan fingerprint density at radius 2 is 1.76 bits per heavy atom. The highest BCUT2D eigenvalue weighted by atomic mass is 14.5. The molecule has 3 aromatic carbocycles. The summed E-state index contributed by atoms with van der Waals surface area (Å²) in [5, 5.41) is 2.87. The number of allylic oxidation sites excluding steroid dienone is 1. The van der Waals surface area contributed by atoms with Crippen LogP contribution in [-0.4, -0.2) is 0 Å². The van der Waals surface area contributed by atoms with Gasteiger partial charge in [0.15, 0.2) is 0 Å². The maximum absolute atomic E-state index is 2.44. The Labute approximate surface area is 149 Å². The third kappa shape index (κ3) is 1.46. The zero-order valence-corrected chi connectivity index (χ0v) is 14.9. The summed E-state index contributed by atoms with van der Waals surface area (Å²) in [6.07, 6.45) is 9.89. The van der Waals surface area contributed by atoms with Gasteiger partial charge in [0, 0.05) is 5.41 Å². The quantitative estimate of drug-likeness (QED) is 0.444. The number of rotatable bonds is 0. The van der Waals surface area contributed by atoms with Crippen molar-refractivity contribution in [3.63, 3.8) is 0 Å². The van der Waals surface area contributed by atoms with Crippen molar-refractivity contribution in [1.82, 2.24) is 0 Å². The summed E-state index contributed by atoms with van der Waals surface area (Å²) < 4.78 is 0. The van der Waals surface area contributed by atoms with Gasteiger partial charge in [-0.15, -0.1) is 0 Å². The van der Waals surface area contributed by atoms with Crippen molar-refractivity contribution in [2.45, 2.75) is 44.9 Å². The van der Waals surface area contributed by atoms with E-state index in [-0.39, 0.29) is 5.41 Å². The summed E-state index contributed by atoms with van der Waals surface area (Å²) in [6.45, 7) is 4.62. The van der Waals surface area contributed by atoms with E-state index >= 15 is 0 Å². The van der Waals surface area contributed by atoms with Crippen LogP contribution in [0.25, 0.3) is 28.0 Å². The molecular weight excluding hydrogens is 300 g/mol. The van der Waals surface area contributed by atoms with Gasteiger partial charge in [-0.05, 0) is 94.8 Å².